The van der Waals surface area contributed by atoms with Crippen LogP contribution in [0.4, 0.5) is 4.39 Å². The zero-order chi connectivity index (χ0) is 14.9. The summed E-state index contributed by atoms with van der Waals surface area (Å²) in [5, 5.41) is 5.03. The Hall–Kier alpha value is -1.03. The van der Waals surface area contributed by atoms with Crippen LogP contribution in [0.2, 0.25) is 0 Å². The van der Waals surface area contributed by atoms with Crippen LogP contribution < -0.4 is 5.14 Å². The third-order valence-electron chi connectivity index (χ3n) is 3.05. The van der Waals surface area contributed by atoms with E-state index in [-0.39, 0.29) is 36.6 Å². The van der Waals surface area contributed by atoms with Crippen molar-refractivity contribution in [2.45, 2.75) is 0 Å². The number of piperazine rings is 1. The van der Waals surface area contributed by atoms with E-state index >= 15 is 0 Å². The Balaban J connectivity index is 2.07. The third kappa shape index (κ3) is 3.35. The SMILES string of the molecule is NS(=O)(=O)N1CCN(C(=O)c2ccc(F)c(Br)c2)CC1. The molecular formula is C11H13BrFN3O3S. The second-order valence-electron chi connectivity index (χ2n) is 4.37. The normalized spacial score (nSPS) is 17.2. The fraction of sp³-hybridized carbons (Fsp3) is 0.364. The molecule has 2 rings (SSSR count). The smallest absolute Gasteiger partial charge is 0.277 e. The van der Waals surface area contributed by atoms with Gasteiger partial charge in [-0.2, -0.15) is 12.7 Å². The van der Waals surface area contributed by atoms with Gasteiger partial charge in [0.25, 0.3) is 16.1 Å². The van der Waals surface area contributed by atoms with Crippen molar-refractivity contribution in [2.24, 2.45) is 5.14 Å². The predicted molar refractivity (Wildman–Crippen MR) is 74.7 cm³/mol. The average molecular weight is 366 g/mol. The van der Waals surface area contributed by atoms with Crippen LogP contribution in [0.3, 0.4) is 0 Å². The van der Waals surface area contributed by atoms with Crippen LogP contribution in [0.15, 0.2) is 22.7 Å². The summed E-state index contributed by atoms with van der Waals surface area (Å²) in [4.78, 5) is 13.7. The van der Waals surface area contributed by atoms with Crippen LogP contribution in [0, 0.1) is 5.82 Å². The van der Waals surface area contributed by atoms with Gasteiger partial charge >= 0.3 is 0 Å². The van der Waals surface area contributed by atoms with Crippen molar-refractivity contribution in [3.8, 4) is 0 Å². The van der Waals surface area contributed by atoms with E-state index in [0.29, 0.717) is 5.56 Å². The minimum Gasteiger partial charge on any atom is -0.336 e. The van der Waals surface area contributed by atoms with Crippen LogP contribution in [-0.2, 0) is 10.2 Å². The number of halogens is 2. The first-order valence-corrected chi connectivity index (χ1v) is 8.11. The maximum Gasteiger partial charge on any atom is 0.277 e. The highest BCUT2D eigenvalue weighted by molar-refractivity contribution is 9.10. The lowest BCUT2D eigenvalue weighted by molar-refractivity contribution is 0.0697. The highest BCUT2D eigenvalue weighted by Crippen LogP contribution is 2.18. The summed E-state index contributed by atoms with van der Waals surface area (Å²) in [5.41, 5.74) is 0.349. The molecule has 1 fully saturated rings. The Bertz CT molecular complexity index is 630. The van der Waals surface area contributed by atoms with Gasteiger partial charge in [0.1, 0.15) is 5.82 Å². The van der Waals surface area contributed by atoms with Gasteiger partial charge in [-0.25, -0.2) is 9.53 Å². The molecule has 1 amide bonds. The van der Waals surface area contributed by atoms with E-state index in [1.807, 2.05) is 0 Å². The fourth-order valence-corrected chi connectivity index (χ4v) is 3.01. The molecule has 0 bridgehead atoms. The van der Waals surface area contributed by atoms with E-state index in [9.17, 15) is 17.6 Å². The first-order chi connectivity index (χ1) is 9.29. The Morgan fingerprint density at radius 2 is 1.85 bits per heavy atom. The molecule has 1 heterocycles. The van der Waals surface area contributed by atoms with Crippen molar-refractivity contribution >= 4 is 32.0 Å². The summed E-state index contributed by atoms with van der Waals surface area (Å²) in [7, 11) is -3.71. The number of hydrogen-bond donors (Lipinski definition) is 1. The summed E-state index contributed by atoms with van der Waals surface area (Å²) in [6.45, 7) is 0.828. The number of rotatable bonds is 2. The van der Waals surface area contributed by atoms with Crippen molar-refractivity contribution in [2.75, 3.05) is 26.2 Å². The van der Waals surface area contributed by atoms with Gasteiger partial charge in [-0.3, -0.25) is 4.79 Å². The van der Waals surface area contributed by atoms with Gasteiger partial charge in [0.05, 0.1) is 4.47 Å². The van der Waals surface area contributed by atoms with Crippen LogP contribution in [-0.4, -0.2) is 49.7 Å². The van der Waals surface area contributed by atoms with Crippen LogP contribution in [0.1, 0.15) is 10.4 Å². The lowest BCUT2D eigenvalue weighted by atomic mass is 10.2. The summed E-state index contributed by atoms with van der Waals surface area (Å²) in [5.74, 6) is -0.708. The van der Waals surface area contributed by atoms with Gasteiger partial charge in [-0.15, -0.1) is 0 Å². The van der Waals surface area contributed by atoms with E-state index in [4.69, 9.17) is 5.14 Å². The van der Waals surface area contributed by atoms with Crippen molar-refractivity contribution in [1.82, 2.24) is 9.21 Å². The molecule has 0 radical (unpaired) electrons. The molecule has 0 aromatic heterocycles. The van der Waals surface area contributed by atoms with Gasteiger partial charge in [0.15, 0.2) is 0 Å². The van der Waals surface area contributed by atoms with Crippen LogP contribution in [0.5, 0.6) is 0 Å². The first-order valence-electron chi connectivity index (χ1n) is 5.81. The molecule has 2 N–H and O–H groups in total. The molecule has 1 aliphatic rings. The molecule has 0 unspecified atom stereocenters. The zero-order valence-corrected chi connectivity index (χ0v) is 12.8. The second-order valence-corrected chi connectivity index (χ2v) is 6.77. The molecule has 0 aliphatic carbocycles. The quantitative estimate of drug-likeness (QED) is 0.830. The summed E-state index contributed by atoms with van der Waals surface area (Å²) >= 11 is 3.02. The Morgan fingerprint density at radius 3 is 2.35 bits per heavy atom. The van der Waals surface area contributed by atoms with E-state index in [1.165, 1.54) is 23.1 Å². The molecule has 0 saturated carbocycles. The number of hydrogen-bond acceptors (Lipinski definition) is 3. The number of carbonyl (C=O) groups is 1. The highest BCUT2D eigenvalue weighted by atomic mass is 79.9. The molecule has 1 aromatic carbocycles. The third-order valence-corrected chi connectivity index (χ3v) is 4.74. The predicted octanol–water partition coefficient (Wildman–Crippen LogP) is 0.550. The molecule has 0 atom stereocenters. The number of benzene rings is 1. The Labute approximate surface area is 124 Å². The molecule has 6 nitrogen and oxygen atoms in total. The molecule has 20 heavy (non-hydrogen) atoms. The van der Waals surface area contributed by atoms with Gasteiger partial charge in [-0.05, 0) is 34.1 Å². The molecule has 1 saturated heterocycles. The van der Waals surface area contributed by atoms with Gasteiger partial charge in [0, 0.05) is 31.7 Å². The molecule has 110 valence electrons. The molecule has 9 heteroatoms. The van der Waals surface area contributed by atoms with Crippen molar-refractivity contribution in [1.29, 1.82) is 0 Å². The first kappa shape index (κ1) is 15.4. The Kier molecular flexibility index (Phi) is 4.43. The lowest BCUT2D eigenvalue weighted by Crippen LogP contribution is -2.52. The molecule has 1 aromatic rings. The van der Waals surface area contributed by atoms with E-state index in [1.54, 1.807) is 0 Å². The minimum atomic E-state index is -3.71. The van der Waals surface area contributed by atoms with Gasteiger partial charge in [0.2, 0.25) is 0 Å². The summed E-state index contributed by atoms with van der Waals surface area (Å²) < 4.78 is 36.8. The van der Waals surface area contributed by atoms with Gasteiger partial charge < -0.3 is 4.90 Å². The molecular weight excluding hydrogens is 353 g/mol. The topological polar surface area (TPSA) is 83.7 Å². The number of nitrogens with two attached hydrogens (primary N) is 1. The second kappa shape index (κ2) is 5.76. The fourth-order valence-electron chi connectivity index (χ4n) is 1.96. The van der Waals surface area contributed by atoms with Gasteiger partial charge in [-0.1, -0.05) is 0 Å². The Morgan fingerprint density at radius 1 is 1.25 bits per heavy atom. The maximum absolute atomic E-state index is 13.1. The number of amides is 1. The van der Waals surface area contributed by atoms with E-state index in [2.05, 4.69) is 15.9 Å². The minimum absolute atomic E-state index is 0.160. The number of carbonyl (C=O) groups excluding carboxylic acids is 1. The summed E-state index contributed by atoms with van der Waals surface area (Å²) in [6, 6.07) is 4.01. The summed E-state index contributed by atoms with van der Waals surface area (Å²) in [6.07, 6.45) is 0. The van der Waals surface area contributed by atoms with Crippen molar-refractivity contribution in [3.05, 3.63) is 34.1 Å². The van der Waals surface area contributed by atoms with Crippen molar-refractivity contribution in [3.63, 3.8) is 0 Å². The van der Waals surface area contributed by atoms with Crippen LogP contribution in [0.25, 0.3) is 0 Å². The average Bonchev–Trinajstić information content (AvgIpc) is 2.40. The zero-order valence-electron chi connectivity index (χ0n) is 10.4. The lowest BCUT2D eigenvalue weighted by Gasteiger charge is -2.33. The monoisotopic (exact) mass is 365 g/mol. The maximum atomic E-state index is 13.1. The number of nitrogens with zero attached hydrogens (tertiary/aromatic N) is 2. The largest absolute Gasteiger partial charge is 0.336 e. The molecule has 0 spiro atoms. The highest BCUT2D eigenvalue weighted by Gasteiger charge is 2.27. The van der Waals surface area contributed by atoms with Crippen LogP contribution >= 0.6 is 15.9 Å². The van der Waals surface area contributed by atoms with E-state index < -0.39 is 16.0 Å². The van der Waals surface area contributed by atoms with E-state index in [0.717, 1.165) is 4.31 Å². The standard InChI is InChI=1S/C11H13BrFN3O3S/c12-9-7-8(1-2-10(9)13)11(17)15-3-5-16(6-4-15)20(14,18)19/h1-2,7H,3-6H2,(H2,14,18,19). The molecule has 1 aliphatic heterocycles. The van der Waals surface area contributed by atoms with Crippen molar-refractivity contribution < 1.29 is 17.6 Å².